The van der Waals surface area contributed by atoms with E-state index in [1.165, 1.54) is 38.5 Å². The Morgan fingerprint density at radius 1 is 1.17 bits per heavy atom. The molecule has 0 atom stereocenters. The van der Waals surface area contributed by atoms with E-state index in [1.54, 1.807) is 6.07 Å². The Kier molecular flexibility index (Phi) is 5.61. The number of ether oxygens (including phenoxy) is 2. The van der Waals surface area contributed by atoms with E-state index in [2.05, 4.69) is 15.9 Å². The van der Waals surface area contributed by atoms with Crippen molar-refractivity contribution in [1.82, 2.24) is 0 Å². The maximum atomic E-state index is 13.8. The van der Waals surface area contributed by atoms with Crippen LogP contribution in [-0.2, 0) is 20.3 Å². The number of carbonyl (C=O) groups excluding carboxylic acids is 1. The van der Waals surface area contributed by atoms with Crippen LogP contribution < -0.4 is 4.74 Å². The highest BCUT2D eigenvalue weighted by Crippen LogP contribution is 2.34. The number of carbonyl (C=O) groups is 1. The number of halogens is 2. The third-order valence-corrected chi connectivity index (χ3v) is 5.62. The molecule has 0 aliphatic heterocycles. The smallest absolute Gasteiger partial charge is 0.342 e. The summed E-state index contributed by atoms with van der Waals surface area (Å²) in [6.45, 7) is 0. The average Bonchev–Trinajstić information content (AvgIpc) is 2.55. The van der Waals surface area contributed by atoms with Crippen LogP contribution in [-0.4, -0.2) is 28.6 Å². The van der Waals surface area contributed by atoms with Gasteiger partial charge in [0.15, 0.2) is 9.84 Å². The second-order valence-electron chi connectivity index (χ2n) is 4.80. The van der Waals surface area contributed by atoms with E-state index in [4.69, 9.17) is 9.47 Å². The number of rotatable bonds is 5. The van der Waals surface area contributed by atoms with Gasteiger partial charge in [-0.1, -0.05) is 18.2 Å². The maximum absolute atomic E-state index is 13.8. The van der Waals surface area contributed by atoms with E-state index in [-0.39, 0.29) is 16.9 Å². The molecule has 0 fully saturated rings. The molecule has 0 radical (unpaired) electrons. The number of methoxy groups -OCH3 is 2. The molecule has 2 aromatic carbocycles. The van der Waals surface area contributed by atoms with Gasteiger partial charge >= 0.3 is 5.97 Å². The Morgan fingerprint density at radius 3 is 2.42 bits per heavy atom. The van der Waals surface area contributed by atoms with E-state index in [1.807, 2.05) is 0 Å². The lowest BCUT2D eigenvalue weighted by Gasteiger charge is -2.14. The van der Waals surface area contributed by atoms with Crippen molar-refractivity contribution < 1.29 is 27.1 Å². The normalized spacial score (nSPS) is 11.2. The van der Waals surface area contributed by atoms with E-state index in [0.717, 1.165) is 6.07 Å². The summed E-state index contributed by atoms with van der Waals surface area (Å²) in [6.07, 6.45) is 0. The minimum Gasteiger partial charge on any atom is -0.495 e. The predicted octanol–water partition coefficient (Wildman–Crippen LogP) is 3.36. The van der Waals surface area contributed by atoms with E-state index >= 15 is 0 Å². The van der Waals surface area contributed by atoms with Crippen LogP contribution in [0.3, 0.4) is 0 Å². The predicted molar refractivity (Wildman–Crippen MR) is 89.3 cm³/mol. The van der Waals surface area contributed by atoms with Crippen LogP contribution >= 0.6 is 15.9 Å². The quantitative estimate of drug-likeness (QED) is 0.698. The Balaban J connectivity index is 2.58. The molecule has 2 aromatic rings. The van der Waals surface area contributed by atoms with Crippen molar-refractivity contribution in [3.63, 3.8) is 0 Å². The van der Waals surface area contributed by atoms with Gasteiger partial charge in [-0.3, -0.25) is 0 Å². The van der Waals surface area contributed by atoms with Gasteiger partial charge in [-0.2, -0.15) is 0 Å². The maximum Gasteiger partial charge on any atom is 0.342 e. The molecule has 0 aliphatic rings. The van der Waals surface area contributed by atoms with E-state index < -0.39 is 32.3 Å². The number of hydrogen-bond donors (Lipinski definition) is 0. The van der Waals surface area contributed by atoms with Crippen LogP contribution in [0.4, 0.5) is 4.39 Å². The minimum absolute atomic E-state index is 0.0192. The van der Waals surface area contributed by atoms with Crippen molar-refractivity contribution in [2.24, 2.45) is 0 Å². The van der Waals surface area contributed by atoms with Crippen LogP contribution in [0, 0.1) is 5.82 Å². The van der Waals surface area contributed by atoms with E-state index in [0.29, 0.717) is 4.47 Å². The third-order valence-electron chi connectivity index (χ3n) is 3.31. The first-order valence-corrected chi connectivity index (χ1v) is 9.17. The Labute approximate surface area is 147 Å². The van der Waals surface area contributed by atoms with Crippen molar-refractivity contribution in [2.75, 3.05) is 14.2 Å². The highest BCUT2D eigenvalue weighted by Gasteiger charge is 2.26. The molecule has 2 rings (SSSR count). The lowest BCUT2D eigenvalue weighted by molar-refractivity contribution is 0.0596. The van der Waals surface area contributed by atoms with E-state index in [9.17, 15) is 17.6 Å². The zero-order chi connectivity index (χ0) is 17.9. The summed E-state index contributed by atoms with van der Waals surface area (Å²) in [7, 11) is -1.47. The van der Waals surface area contributed by atoms with Crippen molar-refractivity contribution in [3.8, 4) is 5.75 Å². The fourth-order valence-electron chi connectivity index (χ4n) is 2.22. The zero-order valence-corrected chi connectivity index (χ0v) is 15.3. The lowest BCUT2D eigenvalue weighted by Crippen LogP contribution is -2.13. The summed E-state index contributed by atoms with van der Waals surface area (Å²) in [5.74, 6) is -2.00. The molecule has 0 spiro atoms. The summed E-state index contributed by atoms with van der Waals surface area (Å²) >= 11 is 3.23. The Bertz CT molecular complexity index is 880. The summed E-state index contributed by atoms with van der Waals surface area (Å²) < 4.78 is 49.2. The monoisotopic (exact) mass is 416 g/mol. The van der Waals surface area contributed by atoms with Crippen molar-refractivity contribution in [3.05, 3.63) is 57.8 Å². The average molecular weight is 417 g/mol. The molecule has 0 N–H and O–H groups in total. The van der Waals surface area contributed by atoms with Gasteiger partial charge in [-0.25, -0.2) is 17.6 Å². The van der Waals surface area contributed by atoms with Crippen LogP contribution in [0.25, 0.3) is 0 Å². The Morgan fingerprint density at radius 2 is 1.83 bits per heavy atom. The molecule has 0 aliphatic carbocycles. The fourth-order valence-corrected chi connectivity index (χ4v) is 4.17. The van der Waals surface area contributed by atoms with Crippen molar-refractivity contribution in [1.29, 1.82) is 0 Å². The minimum atomic E-state index is -4.00. The summed E-state index contributed by atoms with van der Waals surface area (Å²) in [5, 5.41) is 0. The molecular weight excluding hydrogens is 403 g/mol. The molecule has 0 amide bonds. The van der Waals surface area contributed by atoms with Gasteiger partial charge in [0.25, 0.3) is 0 Å². The third kappa shape index (κ3) is 3.59. The molecule has 0 unspecified atom stereocenters. The van der Waals surface area contributed by atoms with Gasteiger partial charge in [-0.15, -0.1) is 0 Å². The van der Waals surface area contributed by atoms with Gasteiger partial charge in [-0.05, 0) is 39.7 Å². The first kappa shape index (κ1) is 18.4. The van der Waals surface area contributed by atoms with Gasteiger partial charge in [0, 0.05) is 0 Å². The number of benzene rings is 2. The lowest BCUT2D eigenvalue weighted by atomic mass is 10.1. The summed E-state index contributed by atoms with van der Waals surface area (Å²) in [4.78, 5) is 11.6. The van der Waals surface area contributed by atoms with Gasteiger partial charge in [0.2, 0.25) is 0 Å². The first-order valence-electron chi connectivity index (χ1n) is 6.72. The van der Waals surface area contributed by atoms with Crippen molar-refractivity contribution in [2.45, 2.75) is 10.6 Å². The molecule has 0 bridgehead atoms. The van der Waals surface area contributed by atoms with Crippen LogP contribution in [0.1, 0.15) is 15.9 Å². The van der Waals surface area contributed by atoms with Gasteiger partial charge < -0.3 is 9.47 Å². The highest BCUT2D eigenvalue weighted by atomic mass is 79.9. The topological polar surface area (TPSA) is 69.7 Å². The molecule has 0 saturated carbocycles. The van der Waals surface area contributed by atoms with Crippen LogP contribution in [0.2, 0.25) is 0 Å². The fraction of sp³-hybridized carbons (Fsp3) is 0.188. The Hall–Kier alpha value is -1.93. The van der Waals surface area contributed by atoms with Crippen molar-refractivity contribution >= 4 is 31.7 Å². The summed E-state index contributed by atoms with van der Waals surface area (Å²) in [5.41, 5.74) is 0.138. The number of hydrogen-bond acceptors (Lipinski definition) is 5. The molecule has 0 aromatic heterocycles. The SMILES string of the molecule is COC(=O)c1c(CS(=O)(=O)c2ccccc2F)ccc(Br)c1OC. The molecule has 0 saturated heterocycles. The standard InChI is InChI=1S/C16H14BrFO5S/c1-22-15-11(17)8-7-10(14(15)16(19)23-2)9-24(20,21)13-6-4-3-5-12(13)18/h3-8H,9H2,1-2H3. The van der Waals surface area contributed by atoms with Crippen LogP contribution in [0.5, 0.6) is 5.75 Å². The molecule has 8 heteroatoms. The van der Waals surface area contributed by atoms with Gasteiger partial charge in [0.1, 0.15) is 22.0 Å². The second-order valence-corrected chi connectivity index (χ2v) is 7.61. The van der Waals surface area contributed by atoms with Crippen LogP contribution in [0.15, 0.2) is 45.8 Å². The largest absolute Gasteiger partial charge is 0.495 e. The zero-order valence-electron chi connectivity index (χ0n) is 12.9. The summed E-state index contributed by atoms with van der Waals surface area (Å²) in [6, 6.07) is 8.08. The first-order chi connectivity index (χ1) is 11.3. The molecule has 0 heterocycles. The second kappa shape index (κ2) is 7.31. The highest BCUT2D eigenvalue weighted by molar-refractivity contribution is 9.10. The molecule has 24 heavy (non-hydrogen) atoms. The molecule has 5 nitrogen and oxygen atoms in total. The number of esters is 1. The molecular formula is C16H14BrFO5S. The van der Waals surface area contributed by atoms with Gasteiger partial charge in [0.05, 0.1) is 24.4 Å². The molecule has 128 valence electrons. The number of sulfone groups is 1.